The summed E-state index contributed by atoms with van der Waals surface area (Å²) in [5.74, 6) is 3.72. The standard InChI is InChI=1S/C20H32N6/c1-16-21-11-13-25(16)15-19-22-23-20(24(19)2)17-8-7-12-26(14-17)18-9-5-3-4-6-10-18/h11,13,17-18H,3-10,12,14-15H2,1-2H3/t17-/m0/s1. The van der Waals surface area contributed by atoms with Crippen LogP contribution >= 0.6 is 0 Å². The van der Waals surface area contributed by atoms with E-state index >= 15 is 0 Å². The van der Waals surface area contributed by atoms with Crippen LogP contribution in [0.25, 0.3) is 0 Å². The second kappa shape index (κ2) is 7.91. The Kier molecular flexibility index (Phi) is 5.38. The number of nitrogens with zero attached hydrogens (tertiary/aromatic N) is 6. The molecule has 2 aromatic rings. The molecule has 1 atom stereocenters. The molecule has 1 saturated carbocycles. The Balaban J connectivity index is 1.46. The molecule has 0 bridgehead atoms. The first-order chi connectivity index (χ1) is 12.7. The Hall–Kier alpha value is -1.69. The minimum atomic E-state index is 0.516. The van der Waals surface area contributed by atoms with Gasteiger partial charge in [-0.1, -0.05) is 25.7 Å². The summed E-state index contributed by atoms with van der Waals surface area (Å²) >= 11 is 0. The van der Waals surface area contributed by atoms with Gasteiger partial charge in [-0.3, -0.25) is 4.90 Å². The van der Waals surface area contributed by atoms with Crippen LogP contribution in [0.5, 0.6) is 0 Å². The maximum Gasteiger partial charge on any atom is 0.152 e. The quantitative estimate of drug-likeness (QED) is 0.789. The molecule has 142 valence electrons. The van der Waals surface area contributed by atoms with E-state index in [-0.39, 0.29) is 0 Å². The van der Waals surface area contributed by atoms with Gasteiger partial charge in [-0.25, -0.2) is 4.98 Å². The smallest absolute Gasteiger partial charge is 0.152 e. The van der Waals surface area contributed by atoms with Crippen LogP contribution in [-0.4, -0.2) is 48.3 Å². The molecule has 6 nitrogen and oxygen atoms in total. The number of piperidine rings is 1. The third-order valence-electron chi connectivity index (χ3n) is 6.39. The SMILES string of the molecule is Cc1nccn1Cc1nnc([C@H]2CCCN(C3CCCCCC3)C2)n1C. The van der Waals surface area contributed by atoms with Gasteiger partial charge in [-0.15, -0.1) is 10.2 Å². The zero-order valence-corrected chi connectivity index (χ0v) is 16.3. The van der Waals surface area contributed by atoms with E-state index in [1.54, 1.807) is 0 Å². The molecule has 0 aromatic carbocycles. The van der Waals surface area contributed by atoms with E-state index in [4.69, 9.17) is 0 Å². The zero-order chi connectivity index (χ0) is 17.9. The Morgan fingerprint density at radius 1 is 1.04 bits per heavy atom. The maximum atomic E-state index is 4.60. The number of aryl methyl sites for hydroxylation is 1. The molecule has 26 heavy (non-hydrogen) atoms. The number of likely N-dealkylation sites (tertiary alicyclic amines) is 1. The molecule has 0 N–H and O–H groups in total. The molecule has 0 amide bonds. The fraction of sp³-hybridized carbons (Fsp3) is 0.750. The van der Waals surface area contributed by atoms with Crippen LogP contribution in [0, 0.1) is 6.92 Å². The Morgan fingerprint density at radius 3 is 2.58 bits per heavy atom. The lowest BCUT2D eigenvalue weighted by Gasteiger charge is -2.37. The topological polar surface area (TPSA) is 51.8 Å². The average Bonchev–Trinajstić information content (AvgIpc) is 3.10. The molecule has 0 radical (unpaired) electrons. The minimum absolute atomic E-state index is 0.516. The normalized spacial score (nSPS) is 23.2. The predicted molar refractivity (Wildman–Crippen MR) is 102 cm³/mol. The van der Waals surface area contributed by atoms with Crippen molar-refractivity contribution in [2.45, 2.75) is 76.8 Å². The van der Waals surface area contributed by atoms with Crippen molar-refractivity contribution in [2.75, 3.05) is 13.1 Å². The molecule has 6 heteroatoms. The summed E-state index contributed by atoms with van der Waals surface area (Å²) < 4.78 is 4.35. The monoisotopic (exact) mass is 356 g/mol. The summed E-state index contributed by atoms with van der Waals surface area (Å²) in [5, 5.41) is 9.11. The van der Waals surface area contributed by atoms with Crippen LogP contribution in [0.4, 0.5) is 0 Å². The number of rotatable bonds is 4. The largest absolute Gasteiger partial charge is 0.328 e. The van der Waals surface area contributed by atoms with Gasteiger partial charge in [0.2, 0.25) is 0 Å². The van der Waals surface area contributed by atoms with Crippen molar-refractivity contribution in [1.82, 2.24) is 29.2 Å². The molecule has 2 aliphatic rings. The van der Waals surface area contributed by atoms with Crippen LogP contribution in [0.3, 0.4) is 0 Å². The highest BCUT2D eigenvalue weighted by atomic mass is 15.3. The zero-order valence-electron chi connectivity index (χ0n) is 16.3. The van der Waals surface area contributed by atoms with Crippen LogP contribution in [0.2, 0.25) is 0 Å². The molecule has 4 rings (SSSR count). The van der Waals surface area contributed by atoms with Crippen LogP contribution in [-0.2, 0) is 13.6 Å². The molecular weight excluding hydrogens is 324 g/mol. The van der Waals surface area contributed by atoms with Gasteiger partial charge in [0.1, 0.15) is 11.6 Å². The summed E-state index contributed by atoms with van der Waals surface area (Å²) in [7, 11) is 2.13. The second-order valence-corrected chi connectivity index (χ2v) is 8.12. The van der Waals surface area contributed by atoms with Gasteiger partial charge in [-0.2, -0.15) is 0 Å². The van der Waals surface area contributed by atoms with E-state index in [0.717, 1.165) is 36.6 Å². The third kappa shape index (κ3) is 3.70. The third-order valence-corrected chi connectivity index (χ3v) is 6.39. The summed E-state index contributed by atoms with van der Waals surface area (Å²) in [6, 6.07) is 0.793. The van der Waals surface area contributed by atoms with Gasteiger partial charge in [-0.05, 0) is 39.2 Å². The van der Waals surface area contributed by atoms with E-state index in [1.807, 2.05) is 19.3 Å². The molecule has 0 unspecified atom stereocenters. The molecule has 3 heterocycles. The van der Waals surface area contributed by atoms with E-state index in [1.165, 1.54) is 57.9 Å². The first-order valence-electron chi connectivity index (χ1n) is 10.3. The fourth-order valence-corrected chi connectivity index (χ4v) is 4.76. The molecule has 1 aliphatic heterocycles. The highest BCUT2D eigenvalue weighted by Crippen LogP contribution is 2.30. The minimum Gasteiger partial charge on any atom is -0.328 e. The van der Waals surface area contributed by atoms with Gasteiger partial charge in [0.05, 0.1) is 6.54 Å². The molecule has 2 aromatic heterocycles. The van der Waals surface area contributed by atoms with E-state index in [9.17, 15) is 0 Å². The molecule has 2 fully saturated rings. The molecular formula is C20H32N6. The molecule has 1 aliphatic carbocycles. The Bertz CT molecular complexity index is 710. The van der Waals surface area contributed by atoms with E-state index < -0.39 is 0 Å². The van der Waals surface area contributed by atoms with Crippen molar-refractivity contribution in [2.24, 2.45) is 7.05 Å². The van der Waals surface area contributed by atoms with Gasteiger partial charge >= 0.3 is 0 Å². The Morgan fingerprint density at radius 2 is 1.85 bits per heavy atom. The highest BCUT2D eigenvalue weighted by molar-refractivity contribution is 5.06. The van der Waals surface area contributed by atoms with Crippen molar-refractivity contribution < 1.29 is 0 Å². The van der Waals surface area contributed by atoms with Gasteiger partial charge in [0.15, 0.2) is 5.82 Å². The van der Waals surface area contributed by atoms with Gasteiger partial charge < -0.3 is 9.13 Å². The predicted octanol–water partition coefficient (Wildman–Crippen LogP) is 3.27. The second-order valence-electron chi connectivity index (χ2n) is 8.12. The Labute approximate surface area is 156 Å². The van der Waals surface area contributed by atoms with Crippen molar-refractivity contribution >= 4 is 0 Å². The van der Waals surface area contributed by atoms with E-state index in [0.29, 0.717) is 5.92 Å². The fourth-order valence-electron chi connectivity index (χ4n) is 4.76. The lowest BCUT2D eigenvalue weighted by molar-refractivity contribution is 0.132. The van der Waals surface area contributed by atoms with Gasteiger partial charge in [0.25, 0.3) is 0 Å². The van der Waals surface area contributed by atoms with Crippen LogP contribution in [0.1, 0.15) is 74.8 Å². The summed E-state index contributed by atoms with van der Waals surface area (Å²) in [4.78, 5) is 7.07. The van der Waals surface area contributed by atoms with Crippen LogP contribution < -0.4 is 0 Å². The van der Waals surface area contributed by atoms with Crippen LogP contribution in [0.15, 0.2) is 12.4 Å². The summed E-state index contributed by atoms with van der Waals surface area (Å²) in [6.07, 6.45) is 14.8. The lowest BCUT2D eigenvalue weighted by Crippen LogP contribution is -2.42. The number of hydrogen-bond acceptors (Lipinski definition) is 4. The highest BCUT2D eigenvalue weighted by Gasteiger charge is 2.30. The number of hydrogen-bond donors (Lipinski definition) is 0. The first kappa shape index (κ1) is 17.7. The van der Waals surface area contributed by atoms with Crippen molar-refractivity contribution in [3.8, 4) is 0 Å². The number of imidazole rings is 1. The van der Waals surface area contributed by atoms with Gasteiger partial charge in [0, 0.05) is 37.9 Å². The molecule has 1 saturated heterocycles. The van der Waals surface area contributed by atoms with Crippen molar-refractivity contribution in [3.63, 3.8) is 0 Å². The van der Waals surface area contributed by atoms with Crippen molar-refractivity contribution in [1.29, 1.82) is 0 Å². The molecule has 0 spiro atoms. The average molecular weight is 357 g/mol. The van der Waals surface area contributed by atoms with Crippen molar-refractivity contribution in [3.05, 3.63) is 29.9 Å². The van der Waals surface area contributed by atoms with E-state index in [2.05, 4.69) is 36.3 Å². The first-order valence-corrected chi connectivity index (χ1v) is 10.3. The maximum absolute atomic E-state index is 4.60. The lowest BCUT2D eigenvalue weighted by atomic mass is 9.94. The summed E-state index contributed by atoms with van der Waals surface area (Å²) in [6.45, 7) is 5.19. The summed E-state index contributed by atoms with van der Waals surface area (Å²) in [5.41, 5.74) is 0. The number of aromatic nitrogens is 5.